The summed E-state index contributed by atoms with van der Waals surface area (Å²) >= 11 is 2.17. The van der Waals surface area contributed by atoms with E-state index in [1.165, 1.54) is 5.56 Å². The van der Waals surface area contributed by atoms with Gasteiger partial charge in [-0.25, -0.2) is 9.97 Å². The Labute approximate surface area is 127 Å². The molecule has 0 fully saturated rings. The molecule has 0 radical (unpaired) electrons. The largest absolute Gasteiger partial charge is 0.383 e. The van der Waals surface area contributed by atoms with Crippen LogP contribution in [0, 0.1) is 10.5 Å². The van der Waals surface area contributed by atoms with Crippen molar-refractivity contribution in [1.29, 1.82) is 0 Å². The summed E-state index contributed by atoms with van der Waals surface area (Å²) in [5, 5.41) is 0. The Hall–Kier alpha value is -1.17. The van der Waals surface area contributed by atoms with Crippen molar-refractivity contribution in [2.45, 2.75) is 33.1 Å². The van der Waals surface area contributed by atoms with E-state index >= 15 is 0 Å². The monoisotopic (exact) mass is 367 g/mol. The number of hydrogen-bond donors (Lipinski definition) is 1. The molecule has 2 rings (SSSR count). The van der Waals surface area contributed by atoms with Crippen LogP contribution >= 0.6 is 22.6 Å². The van der Waals surface area contributed by atoms with Gasteiger partial charge in [-0.1, -0.05) is 45.0 Å². The lowest BCUT2D eigenvalue weighted by Gasteiger charge is -2.19. The third kappa shape index (κ3) is 3.05. The van der Waals surface area contributed by atoms with E-state index in [4.69, 9.17) is 5.73 Å². The fourth-order valence-corrected chi connectivity index (χ4v) is 2.07. The van der Waals surface area contributed by atoms with Crippen LogP contribution in [0.15, 0.2) is 24.3 Å². The number of aryl methyl sites for hydroxylation is 1. The van der Waals surface area contributed by atoms with E-state index in [2.05, 4.69) is 77.6 Å². The summed E-state index contributed by atoms with van der Waals surface area (Å²) < 4.78 is 0.924. The van der Waals surface area contributed by atoms with Gasteiger partial charge in [-0.3, -0.25) is 0 Å². The second-order valence-corrected chi connectivity index (χ2v) is 6.74. The number of nitrogen functional groups attached to an aromatic ring is 1. The van der Waals surface area contributed by atoms with Crippen LogP contribution in [0.2, 0.25) is 0 Å². The highest BCUT2D eigenvalue weighted by molar-refractivity contribution is 14.1. The van der Waals surface area contributed by atoms with Gasteiger partial charge in [-0.05, 0) is 40.5 Å². The maximum absolute atomic E-state index is 5.90. The number of aromatic nitrogens is 2. The number of hydrogen-bond acceptors (Lipinski definition) is 3. The molecule has 1 heterocycles. The lowest BCUT2D eigenvalue weighted by molar-refractivity contribution is 0.590. The summed E-state index contributed by atoms with van der Waals surface area (Å²) in [6.45, 7) is 8.55. The first-order valence-electron chi connectivity index (χ1n) is 6.19. The second-order valence-electron chi connectivity index (χ2n) is 5.66. The van der Waals surface area contributed by atoms with Crippen LogP contribution < -0.4 is 5.73 Å². The summed E-state index contributed by atoms with van der Waals surface area (Å²) in [5.74, 6) is 1.24. The van der Waals surface area contributed by atoms with Gasteiger partial charge in [0.25, 0.3) is 0 Å². The number of nitrogens with two attached hydrogens (primary N) is 1. The predicted molar refractivity (Wildman–Crippen MR) is 88.0 cm³/mol. The van der Waals surface area contributed by atoms with Crippen LogP contribution in [0.1, 0.15) is 32.0 Å². The van der Waals surface area contributed by atoms with Crippen LogP contribution in [0.5, 0.6) is 0 Å². The minimum Gasteiger partial charge on any atom is -0.383 e. The lowest BCUT2D eigenvalue weighted by atomic mass is 9.87. The van der Waals surface area contributed by atoms with Crippen molar-refractivity contribution in [3.8, 4) is 11.4 Å². The highest BCUT2D eigenvalue weighted by atomic mass is 127. The molecule has 0 aliphatic heterocycles. The summed E-state index contributed by atoms with van der Waals surface area (Å²) in [6, 6.07) is 8.37. The molecular weight excluding hydrogens is 349 g/mol. The fraction of sp³-hybridized carbons (Fsp3) is 0.333. The number of halogens is 1. The molecule has 2 N–H and O–H groups in total. The zero-order chi connectivity index (χ0) is 14.2. The van der Waals surface area contributed by atoms with Crippen molar-refractivity contribution >= 4 is 28.4 Å². The van der Waals surface area contributed by atoms with Gasteiger partial charge in [0.05, 0.1) is 9.26 Å². The Morgan fingerprint density at radius 1 is 1.05 bits per heavy atom. The van der Waals surface area contributed by atoms with Crippen LogP contribution in [-0.2, 0) is 5.41 Å². The molecule has 0 unspecified atom stereocenters. The molecule has 2 aromatic rings. The normalized spacial score (nSPS) is 11.6. The minimum absolute atomic E-state index is 0.153. The van der Waals surface area contributed by atoms with Crippen LogP contribution in [0.25, 0.3) is 11.4 Å². The first-order valence-corrected chi connectivity index (χ1v) is 7.27. The van der Waals surface area contributed by atoms with E-state index in [-0.39, 0.29) is 5.41 Å². The van der Waals surface area contributed by atoms with Crippen LogP contribution in [0.3, 0.4) is 0 Å². The molecule has 0 bridgehead atoms. The summed E-state index contributed by atoms with van der Waals surface area (Å²) in [6.07, 6.45) is 0. The maximum Gasteiger partial charge on any atom is 0.161 e. The molecule has 1 aromatic carbocycles. The van der Waals surface area contributed by atoms with Crippen molar-refractivity contribution in [1.82, 2.24) is 9.97 Å². The third-order valence-electron chi connectivity index (χ3n) is 3.05. The summed E-state index contributed by atoms with van der Waals surface area (Å²) in [7, 11) is 0. The van der Waals surface area contributed by atoms with E-state index in [9.17, 15) is 0 Å². The number of rotatable bonds is 1. The second kappa shape index (κ2) is 5.07. The van der Waals surface area contributed by atoms with E-state index in [0.717, 1.165) is 14.8 Å². The first-order chi connectivity index (χ1) is 8.79. The number of anilines is 1. The van der Waals surface area contributed by atoms with Crippen molar-refractivity contribution in [3.63, 3.8) is 0 Å². The number of nitrogens with zero attached hydrogens (tertiary/aromatic N) is 2. The standard InChI is InChI=1S/C15H18IN3/c1-9-12(16)13(17)19-14(18-9)10-5-7-11(8-6-10)15(2,3)4/h5-8H,1-4H3,(H2,17,18,19). The molecule has 3 nitrogen and oxygen atoms in total. The lowest BCUT2D eigenvalue weighted by Crippen LogP contribution is -2.10. The first kappa shape index (κ1) is 14.2. The fourth-order valence-electron chi connectivity index (χ4n) is 1.83. The Kier molecular flexibility index (Phi) is 3.80. The van der Waals surface area contributed by atoms with Gasteiger partial charge in [0.2, 0.25) is 0 Å². The topological polar surface area (TPSA) is 51.8 Å². The third-order valence-corrected chi connectivity index (χ3v) is 4.38. The van der Waals surface area contributed by atoms with Crippen molar-refractivity contribution in [2.75, 3.05) is 5.73 Å². The molecule has 0 spiro atoms. The number of benzene rings is 1. The molecule has 1 aromatic heterocycles. The van der Waals surface area contributed by atoms with Crippen LogP contribution in [0.4, 0.5) is 5.82 Å². The van der Waals surface area contributed by atoms with Gasteiger partial charge in [0, 0.05) is 5.56 Å². The predicted octanol–water partition coefficient (Wildman–Crippen LogP) is 3.94. The van der Waals surface area contributed by atoms with Gasteiger partial charge in [0.15, 0.2) is 5.82 Å². The van der Waals surface area contributed by atoms with Gasteiger partial charge in [-0.15, -0.1) is 0 Å². The Morgan fingerprint density at radius 2 is 1.63 bits per heavy atom. The molecule has 0 saturated carbocycles. The van der Waals surface area contributed by atoms with Gasteiger partial charge >= 0.3 is 0 Å². The highest BCUT2D eigenvalue weighted by Crippen LogP contribution is 2.26. The molecule has 100 valence electrons. The zero-order valence-corrected chi connectivity index (χ0v) is 13.8. The quantitative estimate of drug-likeness (QED) is 0.777. The molecule has 0 amide bonds. The highest BCUT2D eigenvalue weighted by Gasteiger charge is 2.14. The average Bonchev–Trinajstić information content (AvgIpc) is 2.34. The van der Waals surface area contributed by atoms with Gasteiger partial charge in [-0.2, -0.15) is 0 Å². The van der Waals surface area contributed by atoms with Crippen LogP contribution in [-0.4, -0.2) is 9.97 Å². The van der Waals surface area contributed by atoms with Crippen molar-refractivity contribution in [3.05, 3.63) is 39.1 Å². The Balaban J connectivity index is 2.43. The van der Waals surface area contributed by atoms with E-state index in [1.54, 1.807) is 0 Å². The summed E-state index contributed by atoms with van der Waals surface area (Å²) in [4.78, 5) is 8.85. The zero-order valence-electron chi connectivity index (χ0n) is 11.7. The molecule has 19 heavy (non-hydrogen) atoms. The molecule has 0 aliphatic rings. The Bertz CT molecular complexity index is 575. The minimum atomic E-state index is 0.153. The Morgan fingerprint density at radius 3 is 2.11 bits per heavy atom. The van der Waals surface area contributed by atoms with Crippen molar-refractivity contribution < 1.29 is 0 Å². The molecule has 0 saturated heterocycles. The smallest absolute Gasteiger partial charge is 0.161 e. The van der Waals surface area contributed by atoms with E-state index in [0.29, 0.717) is 11.6 Å². The molecular formula is C15H18IN3. The molecule has 0 atom stereocenters. The maximum atomic E-state index is 5.90. The van der Waals surface area contributed by atoms with Gasteiger partial charge in [0.1, 0.15) is 5.82 Å². The average molecular weight is 367 g/mol. The van der Waals surface area contributed by atoms with Crippen molar-refractivity contribution in [2.24, 2.45) is 0 Å². The summed E-state index contributed by atoms with van der Waals surface area (Å²) in [5.41, 5.74) is 9.27. The molecule has 4 heteroatoms. The SMILES string of the molecule is Cc1nc(-c2ccc(C(C)(C)C)cc2)nc(N)c1I. The van der Waals surface area contributed by atoms with Gasteiger partial charge < -0.3 is 5.73 Å². The van der Waals surface area contributed by atoms with E-state index in [1.807, 2.05) is 6.92 Å². The molecule has 0 aliphatic carbocycles. The van der Waals surface area contributed by atoms with E-state index < -0.39 is 0 Å².